The van der Waals surface area contributed by atoms with E-state index in [4.69, 9.17) is 4.74 Å². The molecule has 0 fully saturated rings. The highest BCUT2D eigenvalue weighted by Crippen LogP contribution is 2.44. The Kier molecular flexibility index (Phi) is 6.92. The van der Waals surface area contributed by atoms with Gasteiger partial charge in [0.2, 0.25) is 5.91 Å². The molecule has 3 aromatic carbocycles. The van der Waals surface area contributed by atoms with Crippen LogP contribution >= 0.6 is 0 Å². The third-order valence-electron chi connectivity index (χ3n) is 5.93. The molecule has 0 spiro atoms. The zero-order valence-corrected chi connectivity index (χ0v) is 18.8. The number of carbonyl (C=O) groups excluding carboxylic acids is 2. The number of fused-ring (bicyclic) bond motifs is 3. The summed E-state index contributed by atoms with van der Waals surface area (Å²) in [4.78, 5) is 36.6. The van der Waals surface area contributed by atoms with Crippen molar-refractivity contribution in [3.8, 4) is 11.1 Å². The molecule has 0 saturated carbocycles. The Morgan fingerprint density at radius 2 is 1.59 bits per heavy atom. The van der Waals surface area contributed by atoms with E-state index in [0.29, 0.717) is 5.69 Å². The third kappa shape index (κ3) is 5.09. The molecule has 3 N–H and O–H groups in total. The summed E-state index contributed by atoms with van der Waals surface area (Å²) in [5.74, 6) is -1.97. The summed E-state index contributed by atoms with van der Waals surface area (Å²) >= 11 is 0. The average Bonchev–Trinajstić information content (AvgIpc) is 3.16. The van der Waals surface area contributed by atoms with Gasteiger partial charge in [-0.2, -0.15) is 0 Å². The van der Waals surface area contributed by atoms with E-state index in [1.165, 1.54) is 0 Å². The van der Waals surface area contributed by atoms with Crippen molar-refractivity contribution < 1.29 is 24.2 Å². The van der Waals surface area contributed by atoms with E-state index in [1.54, 1.807) is 12.1 Å². The van der Waals surface area contributed by atoms with Crippen LogP contribution in [-0.4, -0.2) is 35.7 Å². The molecule has 1 aliphatic rings. The van der Waals surface area contributed by atoms with Crippen molar-refractivity contribution in [3.05, 3.63) is 89.5 Å². The molecule has 0 heterocycles. The number of ether oxygens (including phenoxy) is 1. The topological polar surface area (TPSA) is 105 Å². The lowest BCUT2D eigenvalue weighted by Crippen LogP contribution is -2.45. The predicted molar refractivity (Wildman–Crippen MR) is 129 cm³/mol. The van der Waals surface area contributed by atoms with Crippen molar-refractivity contribution in [3.63, 3.8) is 0 Å². The monoisotopic (exact) mass is 458 g/mol. The Morgan fingerprint density at radius 1 is 0.941 bits per heavy atom. The minimum absolute atomic E-state index is 0.0693. The Morgan fingerprint density at radius 3 is 2.21 bits per heavy atom. The third-order valence-corrected chi connectivity index (χ3v) is 5.93. The number of hydrogen-bond donors (Lipinski definition) is 3. The maximum absolute atomic E-state index is 12.7. The van der Waals surface area contributed by atoms with E-state index in [9.17, 15) is 19.5 Å². The first kappa shape index (κ1) is 23.0. The number of anilines is 1. The Bertz CT molecular complexity index is 1180. The Hall–Kier alpha value is -4.13. The van der Waals surface area contributed by atoms with E-state index in [-0.39, 0.29) is 12.5 Å². The van der Waals surface area contributed by atoms with E-state index < -0.39 is 30.4 Å². The highest BCUT2D eigenvalue weighted by atomic mass is 16.5. The van der Waals surface area contributed by atoms with Gasteiger partial charge in [0.15, 0.2) is 0 Å². The van der Waals surface area contributed by atoms with Gasteiger partial charge >= 0.3 is 12.1 Å². The summed E-state index contributed by atoms with van der Waals surface area (Å²) in [7, 11) is 0. The van der Waals surface area contributed by atoms with E-state index in [2.05, 4.69) is 10.6 Å². The number of carboxylic acids is 1. The van der Waals surface area contributed by atoms with Crippen LogP contribution in [0.25, 0.3) is 11.1 Å². The summed E-state index contributed by atoms with van der Waals surface area (Å²) in [5, 5.41) is 14.3. The maximum Gasteiger partial charge on any atom is 0.407 e. The molecule has 0 bridgehead atoms. The molecule has 4 rings (SSSR count). The zero-order chi connectivity index (χ0) is 24.1. The molecule has 7 nitrogen and oxygen atoms in total. The number of carboxylic acid groups (broad SMARTS) is 1. The van der Waals surface area contributed by atoms with Crippen LogP contribution in [0.3, 0.4) is 0 Å². The molecule has 0 saturated heterocycles. The van der Waals surface area contributed by atoms with Crippen molar-refractivity contribution >= 4 is 23.7 Å². The Balaban J connectivity index is 1.42. The maximum atomic E-state index is 12.7. The molecule has 1 unspecified atom stereocenters. The predicted octanol–water partition coefficient (Wildman–Crippen LogP) is 4.57. The minimum atomic E-state index is -1.28. The molecule has 0 aliphatic heterocycles. The zero-order valence-electron chi connectivity index (χ0n) is 18.8. The highest BCUT2D eigenvalue weighted by molar-refractivity contribution is 5.98. The number of aryl methyl sites for hydroxylation is 1. The number of carbonyl (C=O) groups is 3. The molecule has 174 valence electrons. The number of amides is 2. The van der Waals surface area contributed by atoms with Gasteiger partial charge < -0.3 is 20.5 Å². The summed E-state index contributed by atoms with van der Waals surface area (Å²) < 4.78 is 5.47. The number of nitrogens with one attached hydrogen (secondary N) is 2. The van der Waals surface area contributed by atoms with Crippen LogP contribution in [0.2, 0.25) is 0 Å². The summed E-state index contributed by atoms with van der Waals surface area (Å²) in [6.07, 6.45) is -0.616. The minimum Gasteiger partial charge on any atom is -0.481 e. The second-order valence-electron chi connectivity index (χ2n) is 8.16. The molecule has 2 amide bonds. The standard InChI is InChI=1S/C27H26N2O5/c1-2-17-8-7-9-18(14-17)28-26(32)24(15-25(30)31)29-27(33)34-16-23-21-12-5-3-10-19(21)20-11-4-6-13-22(20)23/h3-14,23-24H,2,15-16H2,1H3,(H,28,32)(H,29,33)(H,30,31). The van der Waals surface area contributed by atoms with Crippen molar-refractivity contribution in [2.45, 2.75) is 31.7 Å². The van der Waals surface area contributed by atoms with Crippen molar-refractivity contribution in [2.75, 3.05) is 11.9 Å². The molecule has 1 atom stereocenters. The van der Waals surface area contributed by atoms with Crippen LogP contribution < -0.4 is 10.6 Å². The smallest absolute Gasteiger partial charge is 0.407 e. The van der Waals surface area contributed by atoms with Gasteiger partial charge in [-0.25, -0.2) is 4.79 Å². The van der Waals surface area contributed by atoms with E-state index in [1.807, 2.05) is 67.6 Å². The molecule has 0 radical (unpaired) electrons. The summed E-state index contributed by atoms with van der Waals surface area (Å²) in [6.45, 7) is 2.06. The number of alkyl carbamates (subject to hydrolysis) is 1. The fourth-order valence-corrected chi connectivity index (χ4v) is 4.26. The van der Waals surface area contributed by atoms with Crippen LogP contribution in [0, 0.1) is 0 Å². The fraction of sp³-hybridized carbons (Fsp3) is 0.222. The number of hydrogen-bond acceptors (Lipinski definition) is 4. The SMILES string of the molecule is CCc1cccc(NC(=O)C(CC(=O)O)NC(=O)OCC2c3ccccc3-c3ccccc32)c1. The van der Waals surface area contributed by atoms with Crippen molar-refractivity contribution in [1.29, 1.82) is 0 Å². The molecule has 1 aliphatic carbocycles. The average molecular weight is 459 g/mol. The normalized spacial score (nSPS) is 12.9. The van der Waals surface area contributed by atoms with Crippen LogP contribution in [0.5, 0.6) is 0 Å². The first-order valence-electron chi connectivity index (χ1n) is 11.2. The lowest BCUT2D eigenvalue weighted by atomic mass is 9.98. The molecular formula is C27H26N2O5. The van der Waals surface area contributed by atoms with Crippen LogP contribution in [-0.2, 0) is 20.7 Å². The largest absolute Gasteiger partial charge is 0.481 e. The van der Waals surface area contributed by atoms with Gasteiger partial charge in [0.05, 0.1) is 6.42 Å². The second kappa shape index (κ2) is 10.2. The fourth-order valence-electron chi connectivity index (χ4n) is 4.26. The van der Waals surface area contributed by atoms with E-state index >= 15 is 0 Å². The highest BCUT2D eigenvalue weighted by Gasteiger charge is 2.30. The number of rotatable bonds is 8. The number of aliphatic carboxylic acids is 1. The molecule has 3 aromatic rings. The summed E-state index contributed by atoms with van der Waals surface area (Å²) in [6, 6.07) is 21.9. The van der Waals surface area contributed by atoms with Gasteiger partial charge in [-0.1, -0.05) is 67.6 Å². The van der Waals surface area contributed by atoms with Gasteiger partial charge in [-0.15, -0.1) is 0 Å². The van der Waals surface area contributed by atoms with Gasteiger partial charge in [-0.3, -0.25) is 9.59 Å². The van der Waals surface area contributed by atoms with Gasteiger partial charge in [-0.05, 0) is 46.4 Å². The Labute approximate surface area is 197 Å². The van der Waals surface area contributed by atoms with Gasteiger partial charge in [0.1, 0.15) is 12.6 Å². The van der Waals surface area contributed by atoms with Crippen LogP contribution in [0.15, 0.2) is 72.8 Å². The van der Waals surface area contributed by atoms with Gasteiger partial charge in [0.25, 0.3) is 0 Å². The van der Waals surface area contributed by atoms with Crippen molar-refractivity contribution in [2.24, 2.45) is 0 Å². The lowest BCUT2D eigenvalue weighted by molar-refractivity contribution is -0.139. The van der Waals surface area contributed by atoms with Gasteiger partial charge in [0, 0.05) is 11.6 Å². The molecule has 7 heteroatoms. The quantitative estimate of drug-likeness (QED) is 0.459. The van der Waals surface area contributed by atoms with Crippen LogP contribution in [0.1, 0.15) is 36.0 Å². The molecule has 0 aromatic heterocycles. The van der Waals surface area contributed by atoms with Crippen LogP contribution in [0.4, 0.5) is 10.5 Å². The number of benzene rings is 3. The summed E-state index contributed by atoms with van der Waals surface area (Å²) in [5.41, 5.74) is 5.89. The van der Waals surface area contributed by atoms with E-state index in [0.717, 1.165) is 34.2 Å². The molecular weight excluding hydrogens is 432 g/mol. The second-order valence-corrected chi connectivity index (χ2v) is 8.16. The first-order valence-corrected chi connectivity index (χ1v) is 11.2. The first-order chi connectivity index (χ1) is 16.5. The molecule has 34 heavy (non-hydrogen) atoms. The lowest BCUT2D eigenvalue weighted by Gasteiger charge is -2.19. The van der Waals surface area contributed by atoms with Crippen molar-refractivity contribution in [1.82, 2.24) is 5.32 Å².